The van der Waals surface area contributed by atoms with Crippen LogP contribution in [-0.2, 0) is 11.3 Å². The first kappa shape index (κ1) is 14.4. The van der Waals surface area contributed by atoms with Gasteiger partial charge in [-0.2, -0.15) is 0 Å². The second kappa shape index (κ2) is 6.47. The number of H-pyrrole nitrogens is 1. The average Bonchev–Trinajstić information content (AvgIpc) is 2.97. The molecule has 0 fully saturated rings. The number of aromatic nitrogens is 2. The molecule has 108 valence electrons. The van der Waals surface area contributed by atoms with E-state index in [1.807, 2.05) is 0 Å². The quantitative estimate of drug-likeness (QED) is 0.517. The molecular formula is C14H14N4O3. The summed E-state index contributed by atoms with van der Waals surface area (Å²) in [5, 5.41) is 10.7. The average molecular weight is 286 g/mol. The van der Waals surface area contributed by atoms with Crippen molar-refractivity contribution in [3.05, 3.63) is 64.2 Å². The molecular weight excluding hydrogens is 272 g/mol. The molecule has 0 bridgehead atoms. The van der Waals surface area contributed by atoms with Gasteiger partial charge >= 0.3 is 0 Å². The molecule has 0 spiro atoms. The Kier molecular flexibility index (Phi) is 4.45. The maximum Gasteiger partial charge on any atom is 0.270 e. The molecule has 1 amide bonds. The number of benzene rings is 1. The van der Waals surface area contributed by atoms with Gasteiger partial charge in [0.25, 0.3) is 5.69 Å². The van der Waals surface area contributed by atoms with Gasteiger partial charge in [0.2, 0.25) is 5.91 Å². The van der Waals surface area contributed by atoms with Gasteiger partial charge in [-0.3, -0.25) is 14.9 Å². The van der Waals surface area contributed by atoms with E-state index in [0.717, 1.165) is 0 Å². The minimum Gasteiger partial charge on any atom is -0.347 e. The lowest BCUT2D eigenvalue weighted by molar-refractivity contribution is -0.384. The Bertz CT molecular complexity index is 665. The van der Waals surface area contributed by atoms with E-state index in [2.05, 4.69) is 9.97 Å². The molecule has 0 aliphatic rings. The highest BCUT2D eigenvalue weighted by molar-refractivity contribution is 5.91. The Morgan fingerprint density at radius 3 is 3.00 bits per heavy atom. The van der Waals surface area contributed by atoms with Gasteiger partial charge in [-0.1, -0.05) is 12.1 Å². The molecule has 0 atom stereocenters. The standard InChI is InChI=1S/C14H14N4O3/c1-17(10-13-15-7-8-16-13)14(19)6-5-11-3-2-4-12(9-11)18(20)21/h2-9H,10H2,1H3,(H,15,16). The third-order valence-corrected chi connectivity index (χ3v) is 2.82. The zero-order valence-electron chi connectivity index (χ0n) is 11.4. The van der Waals surface area contributed by atoms with Crippen molar-refractivity contribution in [1.82, 2.24) is 14.9 Å². The summed E-state index contributed by atoms with van der Waals surface area (Å²) in [6.07, 6.45) is 6.23. The number of hydrogen-bond donors (Lipinski definition) is 1. The van der Waals surface area contributed by atoms with Gasteiger partial charge in [0.1, 0.15) is 5.82 Å². The van der Waals surface area contributed by atoms with Gasteiger partial charge in [-0.05, 0) is 11.6 Å². The van der Waals surface area contributed by atoms with Crippen molar-refractivity contribution in [2.75, 3.05) is 7.05 Å². The molecule has 0 saturated carbocycles. The minimum atomic E-state index is -0.470. The highest BCUT2D eigenvalue weighted by Gasteiger charge is 2.08. The van der Waals surface area contributed by atoms with Crippen molar-refractivity contribution in [2.45, 2.75) is 6.54 Å². The number of carbonyl (C=O) groups excluding carboxylic acids is 1. The molecule has 1 aromatic heterocycles. The van der Waals surface area contributed by atoms with Crippen LogP contribution in [0, 0.1) is 10.1 Å². The van der Waals surface area contributed by atoms with Crippen molar-refractivity contribution in [3.8, 4) is 0 Å². The van der Waals surface area contributed by atoms with Crippen molar-refractivity contribution in [3.63, 3.8) is 0 Å². The smallest absolute Gasteiger partial charge is 0.270 e. The van der Waals surface area contributed by atoms with Gasteiger partial charge in [-0.25, -0.2) is 4.98 Å². The second-order valence-electron chi connectivity index (χ2n) is 4.42. The summed E-state index contributed by atoms with van der Waals surface area (Å²) >= 11 is 0. The molecule has 0 radical (unpaired) electrons. The Morgan fingerprint density at radius 1 is 1.52 bits per heavy atom. The van der Waals surface area contributed by atoms with E-state index >= 15 is 0 Å². The Labute approximate surface area is 121 Å². The number of non-ortho nitro benzene ring substituents is 1. The number of hydrogen-bond acceptors (Lipinski definition) is 4. The topological polar surface area (TPSA) is 92.1 Å². The number of amides is 1. The van der Waals surface area contributed by atoms with Crippen molar-refractivity contribution < 1.29 is 9.72 Å². The van der Waals surface area contributed by atoms with Gasteiger partial charge in [0.05, 0.1) is 11.5 Å². The number of nitrogens with zero attached hydrogens (tertiary/aromatic N) is 3. The number of imidazole rings is 1. The van der Waals surface area contributed by atoms with Gasteiger partial charge in [0.15, 0.2) is 0 Å². The van der Waals surface area contributed by atoms with Crippen LogP contribution in [-0.4, -0.2) is 32.7 Å². The van der Waals surface area contributed by atoms with E-state index in [0.29, 0.717) is 17.9 Å². The molecule has 0 unspecified atom stereocenters. The number of carbonyl (C=O) groups is 1. The van der Waals surface area contributed by atoms with Crippen LogP contribution in [0.4, 0.5) is 5.69 Å². The Hall–Kier alpha value is -2.96. The minimum absolute atomic E-state index is 0.00598. The zero-order valence-corrected chi connectivity index (χ0v) is 11.4. The van der Waals surface area contributed by atoms with Gasteiger partial charge in [0, 0.05) is 37.7 Å². The summed E-state index contributed by atoms with van der Waals surface area (Å²) in [7, 11) is 1.66. The lowest BCUT2D eigenvalue weighted by atomic mass is 10.2. The molecule has 0 saturated heterocycles. The highest BCUT2D eigenvalue weighted by Crippen LogP contribution is 2.14. The first-order valence-corrected chi connectivity index (χ1v) is 6.22. The summed E-state index contributed by atoms with van der Waals surface area (Å²) in [6.45, 7) is 0.366. The number of rotatable bonds is 5. The highest BCUT2D eigenvalue weighted by atomic mass is 16.6. The normalized spacial score (nSPS) is 10.7. The van der Waals surface area contributed by atoms with E-state index < -0.39 is 4.92 Å². The van der Waals surface area contributed by atoms with Crippen molar-refractivity contribution >= 4 is 17.7 Å². The van der Waals surface area contributed by atoms with Crippen LogP contribution in [0.5, 0.6) is 0 Å². The summed E-state index contributed by atoms with van der Waals surface area (Å²) < 4.78 is 0. The van der Waals surface area contributed by atoms with Crippen LogP contribution in [0.15, 0.2) is 42.7 Å². The molecule has 1 aromatic carbocycles. The van der Waals surface area contributed by atoms with E-state index in [-0.39, 0.29) is 11.6 Å². The van der Waals surface area contributed by atoms with Crippen LogP contribution in [0.1, 0.15) is 11.4 Å². The van der Waals surface area contributed by atoms with Crippen molar-refractivity contribution in [1.29, 1.82) is 0 Å². The molecule has 2 rings (SSSR count). The monoisotopic (exact) mass is 286 g/mol. The molecule has 7 nitrogen and oxygen atoms in total. The fourth-order valence-electron chi connectivity index (χ4n) is 1.72. The summed E-state index contributed by atoms with van der Waals surface area (Å²) in [5.41, 5.74) is 0.595. The Morgan fingerprint density at radius 2 is 2.33 bits per heavy atom. The van der Waals surface area contributed by atoms with Crippen LogP contribution >= 0.6 is 0 Å². The maximum absolute atomic E-state index is 11.9. The summed E-state index contributed by atoms with van der Waals surface area (Å²) in [5.74, 6) is 0.479. The first-order valence-electron chi connectivity index (χ1n) is 6.22. The second-order valence-corrected chi connectivity index (χ2v) is 4.42. The van der Waals surface area contributed by atoms with Gasteiger partial charge < -0.3 is 9.88 Å². The largest absolute Gasteiger partial charge is 0.347 e. The van der Waals surface area contributed by atoms with Gasteiger partial charge in [-0.15, -0.1) is 0 Å². The fraction of sp³-hybridized carbons (Fsp3) is 0.143. The number of aromatic amines is 1. The maximum atomic E-state index is 11.9. The number of likely N-dealkylation sites (N-methyl/N-ethyl adjacent to an activating group) is 1. The molecule has 1 N–H and O–H groups in total. The van der Waals surface area contributed by atoms with Crippen LogP contribution in [0.25, 0.3) is 6.08 Å². The molecule has 2 aromatic rings. The van der Waals surface area contributed by atoms with Crippen LogP contribution < -0.4 is 0 Å². The number of nitro benzene ring substituents is 1. The summed E-state index contributed by atoms with van der Waals surface area (Å²) in [4.78, 5) is 30.6. The van der Waals surface area contributed by atoms with Crippen molar-refractivity contribution in [2.24, 2.45) is 0 Å². The van der Waals surface area contributed by atoms with Crippen LogP contribution in [0.2, 0.25) is 0 Å². The Balaban J connectivity index is 2.01. The lowest BCUT2D eigenvalue weighted by Gasteiger charge is -2.12. The predicted octanol–water partition coefficient (Wildman–Crippen LogP) is 1.99. The molecule has 7 heteroatoms. The number of nitro groups is 1. The first-order chi connectivity index (χ1) is 10.1. The lowest BCUT2D eigenvalue weighted by Crippen LogP contribution is -2.24. The van der Waals surface area contributed by atoms with E-state index in [1.165, 1.54) is 23.1 Å². The van der Waals surface area contributed by atoms with Crippen LogP contribution in [0.3, 0.4) is 0 Å². The molecule has 21 heavy (non-hydrogen) atoms. The number of nitrogens with one attached hydrogen (secondary N) is 1. The third-order valence-electron chi connectivity index (χ3n) is 2.82. The molecule has 0 aliphatic heterocycles. The summed E-state index contributed by atoms with van der Waals surface area (Å²) in [6, 6.07) is 6.09. The predicted molar refractivity (Wildman–Crippen MR) is 77.2 cm³/mol. The third kappa shape index (κ3) is 4.00. The fourth-order valence-corrected chi connectivity index (χ4v) is 1.72. The molecule has 1 heterocycles. The van der Waals surface area contributed by atoms with E-state index in [9.17, 15) is 14.9 Å². The zero-order chi connectivity index (χ0) is 15.2. The SMILES string of the molecule is CN(Cc1ncc[nH]1)C(=O)C=Cc1cccc([N+](=O)[O-])c1. The van der Waals surface area contributed by atoms with E-state index in [4.69, 9.17) is 0 Å². The molecule has 0 aliphatic carbocycles. The van der Waals surface area contributed by atoms with E-state index in [1.54, 1.807) is 37.7 Å².